The van der Waals surface area contributed by atoms with Gasteiger partial charge in [0.25, 0.3) is 0 Å². The Hall–Kier alpha value is -1.29. The molecule has 1 aliphatic rings. The number of anilines is 2. The van der Waals surface area contributed by atoms with Gasteiger partial charge in [-0.2, -0.15) is 0 Å². The number of hydrogen-bond donors (Lipinski definition) is 3. The summed E-state index contributed by atoms with van der Waals surface area (Å²) in [7, 11) is 1.84. The molecule has 0 bridgehead atoms. The highest BCUT2D eigenvalue weighted by Crippen LogP contribution is 2.34. The number of nitrogens with one attached hydrogen (secondary N) is 2. The maximum atomic E-state index is 9.33. The van der Waals surface area contributed by atoms with Crippen molar-refractivity contribution < 1.29 is 5.11 Å². The van der Waals surface area contributed by atoms with Crippen molar-refractivity contribution in [2.45, 2.75) is 24.8 Å². The lowest BCUT2D eigenvalue weighted by Gasteiger charge is -2.41. The lowest BCUT2D eigenvalue weighted by atomic mass is 9.77. The first-order chi connectivity index (χ1) is 7.28. The van der Waals surface area contributed by atoms with Crippen LogP contribution >= 0.6 is 0 Å². The van der Waals surface area contributed by atoms with Crippen LogP contribution < -0.4 is 10.6 Å². The molecule has 0 aromatic carbocycles. The Morgan fingerprint density at radius 2 is 2.33 bits per heavy atom. The van der Waals surface area contributed by atoms with Crippen molar-refractivity contribution in [3.05, 3.63) is 18.3 Å². The summed E-state index contributed by atoms with van der Waals surface area (Å²) in [6.07, 6.45) is 5.04. The molecule has 1 saturated carbocycles. The van der Waals surface area contributed by atoms with Gasteiger partial charge in [0.1, 0.15) is 5.82 Å². The minimum Gasteiger partial charge on any atom is -0.394 e. The molecule has 4 nitrogen and oxygen atoms in total. The van der Waals surface area contributed by atoms with Crippen LogP contribution in [0.25, 0.3) is 0 Å². The SMILES string of the molecule is CNc1cc(NC2(CO)CCC2)ccn1. The summed E-state index contributed by atoms with van der Waals surface area (Å²) in [6.45, 7) is 0.199. The molecule has 0 unspecified atom stereocenters. The molecule has 1 aromatic heterocycles. The molecule has 1 fully saturated rings. The molecule has 0 radical (unpaired) electrons. The Morgan fingerprint density at radius 1 is 1.53 bits per heavy atom. The van der Waals surface area contributed by atoms with Crippen molar-refractivity contribution in [3.63, 3.8) is 0 Å². The first kappa shape index (κ1) is 10.2. The van der Waals surface area contributed by atoms with Gasteiger partial charge in [-0.05, 0) is 25.3 Å². The molecule has 1 aliphatic carbocycles. The summed E-state index contributed by atoms with van der Waals surface area (Å²) >= 11 is 0. The van der Waals surface area contributed by atoms with Crippen molar-refractivity contribution in [2.75, 3.05) is 24.3 Å². The lowest BCUT2D eigenvalue weighted by Crippen LogP contribution is -2.48. The molecule has 82 valence electrons. The van der Waals surface area contributed by atoms with Gasteiger partial charge < -0.3 is 15.7 Å². The summed E-state index contributed by atoms with van der Waals surface area (Å²) in [5.41, 5.74) is 0.926. The predicted octanol–water partition coefficient (Wildman–Crippen LogP) is 1.45. The summed E-state index contributed by atoms with van der Waals surface area (Å²) in [4.78, 5) is 4.14. The first-order valence-electron chi connectivity index (χ1n) is 5.31. The quantitative estimate of drug-likeness (QED) is 0.699. The Balaban J connectivity index is 2.09. The van der Waals surface area contributed by atoms with E-state index < -0.39 is 0 Å². The van der Waals surface area contributed by atoms with Crippen LogP contribution in [0.15, 0.2) is 18.3 Å². The molecular weight excluding hydrogens is 190 g/mol. The van der Waals surface area contributed by atoms with E-state index in [0.717, 1.165) is 24.3 Å². The van der Waals surface area contributed by atoms with Gasteiger partial charge in [-0.25, -0.2) is 4.98 Å². The number of aliphatic hydroxyl groups is 1. The van der Waals surface area contributed by atoms with Crippen molar-refractivity contribution in [1.82, 2.24) is 4.98 Å². The molecule has 0 spiro atoms. The highest BCUT2D eigenvalue weighted by atomic mass is 16.3. The average Bonchev–Trinajstić information content (AvgIpc) is 2.24. The maximum Gasteiger partial charge on any atom is 0.127 e. The molecule has 2 rings (SSSR count). The van der Waals surface area contributed by atoms with E-state index in [0.29, 0.717) is 0 Å². The number of nitrogens with zero attached hydrogens (tertiary/aromatic N) is 1. The molecule has 0 atom stereocenters. The number of rotatable bonds is 4. The number of aromatic nitrogens is 1. The zero-order valence-electron chi connectivity index (χ0n) is 8.95. The van der Waals surface area contributed by atoms with Crippen LogP contribution in [0.4, 0.5) is 11.5 Å². The van der Waals surface area contributed by atoms with Crippen LogP contribution in [0.3, 0.4) is 0 Å². The molecular formula is C11H17N3O. The summed E-state index contributed by atoms with van der Waals surface area (Å²) in [6, 6.07) is 3.88. The van der Waals surface area contributed by atoms with Crippen LogP contribution in [0, 0.1) is 0 Å². The highest BCUT2D eigenvalue weighted by molar-refractivity contribution is 5.53. The largest absolute Gasteiger partial charge is 0.394 e. The standard InChI is InChI=1S/C11H17N3O/c1-12-10-7-9(3-6-13-10)14-11(8-15)4-2-5-11/h3,6-7,15H,2,4-5,8H2,1H3,(H2,12,13,14). The molecule has 3 N–H and O–H groups in total. The zero-order valence-corrected chi connectivity index (χ0v) is 8.95. The van der Waals surface area contributed by atoms with Crippen molar-refractivity contribution in [2.24, 2.45) is 0 Å². The fourth-order valence-corrected chi connectivity index (χ4v) is 1.88. The van der Waals surface area contributed by atoms with Crippen LogP contribution in [-0.2, 0) is 0 Å². The van der Waals surface area contributed by atoms with Gasteiger partial charge in [-0.1, -0.05) is 0 Å². The third kappa shape index (κ3) is 2.04. The molecule has 15 heavy (non-hydrogen) atoms. The fraction of sp³-hybridized carbons (Fsp3) is 0.545. The van der Waals surface area contributed by atoms with Gasteiger partial charge in [0.15, 0.2) is 0 Å². The van der Waals surface area contributed by atoms with Gasteiger partial charge in [0, 0.05) is 25.0 Å². The van der Waals surface area contributed by atoms with E-state index in [1.165, 1.54) is 6.42 Å². The second kappa shape index (κ2) is 4.06. The van der Waals surface area contributed by atoms with Crippen LogP contribution in [-0.4, -0.2) is 29.3 Å². The highest BCUT2D eigenvalue weighted by Gasteiger charge is 2.36. The Morgan fingerprint density at radius 3 is 2.87 bits per heavy atom. The second-order valence-corrected chi connectivity index (χ2v) is 4.10. The van der Waals surface area contributed by atoms with E-state index in [4.69, 9.17) is 0 Å². The summed E-state index contributed by atoms with van der Waals surface area (Å²) in [5, 5.41) is 15.7. The van der Waals surface area contributed by atoms with E-state index >= 15 is 0 Å². The maximum absolute atomic E-state index is 9.33. The van der Waals surface area contributed by atoms with E-state index in [1.807, 2.05) is 19.2 Å². The number of hydrogen-bond acceptors (Lipinski definition) is 4. The minimum absolute atomic E-state index is 0.0909. The van der Waals surface area contributed by atoms with Crippen LogP contribution in [0.2, 0.25) is 0 Å². The second-order valence-electron chi connectivity index (χ2n) is 4.10. The fourth-order valence-electron chi connectivity index (χ4n) is 1.88. The predicted molar refractivity (Wildman–Crippen MR) is 61.1 cm³/mol. The minimum atomic E-state index is -0.0909. The normalized spacial score (nSPS) is 18.0. The van der Waals surface area contributed by atoms with Gasteiger partial charge in [-0.15, -0.1) is 0 Å². The smallest absolute Gasteiger partial charge is 0.127 e. The van der Waals surface area contributed by atoms with E-state index in [-0.39, 0.29) is 12.1 Å². The Labute approximate surface area is 89.7 Å². The van der Waals surface area contributed by atoms with Crippen molar-refractivity contribution in [3.8, 4) is 0 Å². The van der Waals surface area contributed by atoms with Crippen molar-refractivity contribution in [1.29, 1.82) is 0 Å². The van der Waals surface area contributed by atoms with Gasteiger partial charge in [0.2, 0.25) is 0 Å². The molecule has 0 amide bonds. The van der Waals surface area contributed by atoms with Gasteiger partial charge in [-0.3, -0.25) is 0 Å². The summed E-state index contributed by atoms with van der Waals surface area (Å²) in [5.74, 6) is 0.840. The van der Waals surface area contributed by atoms with Crippen LogP contribution in [0.1, 0.15) is 19.3 Å². The topological polar surface area (TPSA) is 57.2 Å². The molecule has 0 aliphatic heterocycles. The van der Waals surface area contributed by atoms with Gasteiger partial charge in [0.05, 0.1) is 12.1 Å². The zero-order chi connectivity index (χ0) is 10.7. The number of aliphatic hydroxyl groups excluding tert-OH is 1. The Bertz CT molecular complexity index is 331. The van der Waals surface area contributed by atoms with E-state index in [9.17, 15) is 5.11 Å². The average molecular weight is 207 g/mol. The molecule has 4 heteroatoms. The number of pyridine rings is 1. The van der Waals surface area contributed by atoms with E-state index in [1.54, 1.807) is 6.20 Å². The molecule has 0 saturated heterocycles. The van der Waals surface area contributed by atoms with Crippen LogP contribution in [0.5, 0.6) is 0 Å². The third-order valence-corrected chi connectivity index (χ3v) is 3.04. The molecule has 1 heterocycles. The van der Waals surface area contributed by atoms with Gasteiger partial charge >= 0.3 is 0 Å². The molecule has 1 aromatic rings. The monoisotopic (exact) mass is 207 g/mol. The Kier molecular flexibility index (Phi) is 2.77. The van der Waals surface area contributed by atoms with Crippen molar-refractivity contribution >= 4 is 11.5 Å². The lowest BCUT2D eigenvalue weighted by molar-refractivity contribution is 0.144. The summed E-state index contributed by atoms with van der Waals surface area (Å²) < 4.78 is 0. The third-order valence-electron chi connectivity index (χ3n) is 3.04. The first-order valence-corrected chi connectivity index (χ1v) is 5.31. The van der Waals surface area contributed by atoms with E-state index in [2.05, 4.69) is 15.6 Å².